The van der Waals surface area contributed by atoms with Crippen molar-refractivity contribution in [3.8, 4) is 11.5 Å². The number of carbonyl (C=O) groups excluding carboxylic acids is 2. The summed E-state index contributed by atoms with van der Waals surface area (Å²) in [6.07, 6.45) is 3.17. The number of amides is 2. The van der Waals surface area contributed by atoms with Crippen molar-refractivity contribution in [2.24, 2.45) is 5.10 Å². The summed E-state index contributed by atoms with van der Waals surface area (Å²) in [5.41, 5.74) is 3.60. The second-order valence-corrected chi connectivity index (χ2v) is 5.60. The Morgan fingerprint density at radius 2 is 1.68 bits per heavy atom. The number of hydrazone groups is 1. The van der Waals surface area contributed by atoms with Gasteiger partial charge in [-0.25, -0.2) is 5.43 Å². The fourth-order valence-electron chi connectivity index (χ4n) is 2.16. The van der Waals surface area contributed by atoms with Crippen molar-refractivity contribution in [3.63, 3.8) is 0 Å². The van der Waals surface area contributed by atoms with Crippen LogP contribution >= 0.6 is 0 Å². The first-order valence-electron chi connectivity index (χ1n) is 8.79. The third-order valence-corrected chi connectivity index (χ3v) is 3.49. The number of hydrogen-bond donors (Lipinski definition) is 2. The molecule has 2 aromatic carbocycles. The number of nitrogens with zero attached hydrogens (tertiary/aromatic N) is 1. The van der Waals surface area contributed by atoms with E-state index < -0.39 is 5.91 Å². The highest BCUT2D eigenvalue weighted by molar-refractivity contribution is 5.96. The zero-order chi connectivity index (χ0) is 20.2. The summed E-state index contributed by atoms with van der Waals surface area (Å²) in [4.78, 5) is 23.8. The molecule has 0 heterocycles. The van der Waals surface area contributed by atoms with Crippen LogP contribution < -0.4 is 20.2 Å². The molecular weight excluding hydrogens is 358 g/mol. The Kier molecular flexibility index (Phi) is 8.26. The van der Waals surface area contributed by atoms with Gasteiger partial charge in [0.15, 0.2) is 0 Å². The van der Waals surface area contributed by atoms with E-state index in [1.807, 2.05) is 19.1 Å². The minimum Gasteiger partial charge on any atom is -0.494 e. The van der Waals surface area contributed by atoms with Crippen LogP contribution in [0.25, 0.3) is 0 Å². The molecule has 0 aliphatic heterocycles. The molecule has 0 unspecified atom stereocenters. The van der Waals surface area contributed by atoms with Crippen molar-refractivity contribution in [2.45, 2.75) is 6.92 Å². The van der Waals surface area contributed by atoms with Crippen LogP contribution in [-0.4, -0.2) is 37.8 Å². The van der Waals surface area contributed by atoms with Gasteiger partial charge in [-0.2, -0.15) is 5.10 Å². The zero-order valence-corrected chi connectivity index (χ0v) is 15.7. The molecule has 0 bridgehead atoms. The van der Waals surface area contributed by atoms with Crippen molar-refractivity contribution in [1.82, 2.24) is 10.7 Å². The molecule has 0 spiro atoms. The Labute approximate surface area is 164 Å². The minimum absolute atomic E-state index is 0.183. The Hall–Kier alpha value is -3.61. The summed E-state index contributed by atoms with van der Waals surface area (Å²) in [6.45, 7) is 6.28. The first kappa shape index (κ1) is 20.7. The van der Waals surface area contributed by atoms with Gasteiger partial charge in [-0.15, -0.1) is 0 Å². The van der Waals surface area contributed by atoms with Crippen LogP contribution in [-0.2, 0) is 4.79 Å². The molecule has 0 aliphatic carbocycles. The predicted molar refractivity (Wildman–Crippen MR) is 108 cm³/mol. The van der Waals surface area contributed by atoms with Crippen LogP contribution in [0.3, 0.4) is 0 Å². The number of ether oxygens (including phenoxy) is 2. The van der Waals surface area contributed by atoms with E-state index in [0.29, 0.717) is 24.5 Å². The smallest absolute Gasteiger partial charge is 0.259 e. The lowest BCUT2D eigenvalue weighted by molar-refractivity contribution is -0.120. The predicted octanol–water partition coefficient (Wildman–Crippen LogP) is 2.53. The average molecular weight is 381 g/mol. The average Bonchev–Trinajstić information content (AvgIpc) is 2.72. The lowest BCUT2D eigenvalue weighted by Gasteiger charge is -2.06. The lowest BCUT2D eigenvalue weighted by Crippen LogP contribution is -2.34. The van der Waals surface area contributed by atoms with Gasteiger partial charge in [-0.1, -0.05) is 12.7 Å². The second kappa shape index (κ2) is 11.2. The SMILES string of the molecule is C=CCOc1ccc(/C=N/NC(=O)CNC(=O)c2ccc(OCC)cc2)cc1. The molecule has 146 valence electrons. The standard InChI is InChI=1S/C21H23N3O4/c1-3-13-28-19-9-5-16(6-10-19)14-23-24-20(25)15-22-21(26)17-7-11-18(12-8-17)27-4-2/h3,5-12,14H,1,4,13,15H2,2H3,(H,22,26)(H,24,25)/b23-14+. The maximum absolute atomic E-state index is 12.0. The third-order valence-electron chi connectivity index (χ3n) is 3.49. The number of carbonyl (C=O) groups is 2. The van der Waals surface area contributed by atoms with Crippen LogP contribution in [0.2, 0.25) is 0 Å². The Morgan fingerprint density at radius 1 is 1.04 bits per heavy atom. The fraction of sp³-hybridized carbons (Fsp3) is 0.190. The quantitative estimate of drug-likeness (QED) is 0.376. The van der Waals surface area contributed by atoms with Crippen LogP contribution in [0.4, 0.5) is 0 Å². The van der Waals surface area contributed by atoms with Crippen molar-refractivity contribution in [2.75, 3.05) is 19.8 Å². The summed E-state index contributed by atoms with van der Waals surface area (Å²) < 4.78 is 10.7. The normalized spacial score (nSPS) is 10.3. The van der Waals surface area contributed by atoms with Gasteiger partial charge >= 0.3 is 0 Å². The van der Waals surface area contributed by atoms with Crippen LogP contribution in [0, 0.1) is 0 Å². The monoisotopic (exact) mass is 381 g/mol. The maximum atomic E-state index is 12.0. The van der Waals surface area contributed by atoms with E-state index in [0.717, 1.165) is 11.3 Å². The molecule has 0 saturated carbocycles. The van der Waals surface area contributed by atoms with Crippen molar-refractivity contribution in [1.29, 1.82) is 0 Å². The first-order chi connectivity index (χ1) is 13.6. The van der Waals surface area contributed by atoms with E-state index in [1.165, 1.54) is 6.21 Å². The Bertz CT molecular complexity index is 815. The van der Waals surface area contributed by atoms with Gasteiger partial charge in [0.2, 0.25) is 0 Å². The Balaban J connectivity index is 1.75. The molecule has 2 rings (SSSR count). The van der Waals surface area contributed by atoms with Gasteiger partial charge in [-0.05, 0) is 61.0 Å². The fourth-order valence-corrected chi connectivity index (χ4v) is 2.16. The highest BCUT2D eigenvalue weighted by atomic mass is 16.5. The van der Waals surface area contributed by atoms with Crippen LogP contribution in [0.5, 0.6) is 11.5 Å². The van der Waals surface area contributed by atoms with Crippen molar-refractivity contribution < 1.29 is 19.1 Å². The molecule has 2 N–H and O–H groups in total. The summed E-state index contributed by atoms with van der Waals surface area (Å²) in [5, 5.41) is 6.40. The van der Waals surface area contributed by atoms with Crippen LogP contribution in [0.1, 0.15) is 22.8 Å². The van der Waals surface area contributed by atoms with Gasteiger partial charge in [0.1, 0.15) is 18.1 Å². The second-order valence-electron chi connectivity index (χ2n) is 5.60. The molecule has 0 saturated heterocycles. The molecular formula is C21H23N3O4. The van der Waals surface area contributed by atoms with E-state index in [-0.39, 0.29) is 12.5 Å². The molecule has 0 radical (unpaired) electrons. The number of benzene rings is 2. The van der Waals surface area contributed by atoms with Crippen molar-refractivity contribution in [3.05, 3.63) is 72.3 Å². The van der Waals surface area contributed by atoms with Crippen molar-refractivity contribution >= 4 is 18.0 Å². The van der Waals surface area contributed by atoms with Gasteiger partial charge in [-0.3, -0.25) is 9.59 Å². The van der Waals surface area contributed by atoms with Crippen LogP contribution in [0.15, 0.2) is 66.3 Å². The van der Waals surface area contributed by atoms with E-state index in [1.54, 1.807) is 42.5 Å². The summed E-state index contributed by atoms with van der Waals surface area (Å²) in [7, 11) is 0. The maximum Gasteiger partial charge on any atom is 0.259 e. The molecule has 2 aromatic rings. The summed E-state index contributed by atoms with van der Waals surface area (Å²) >= 11 is 0. The zero-order valence-electron chi connectivity index (χ0n) is 15.7. The molecule has 2 amide bonds. The molecule has 0 aliphatic rings. The molecule has 7 nitrogen and oxygen atoms in total. The minimum atomic E-state index is -0.429. The van der Waals surface area contributed by atoms with E-state index in [4.69, 9.17) is 9.47 Å². The number of nitrogens with one attached hydrogen (secondary N) is 2. The van der Waals surface area contributed by atoms with Gasteiger partial charge in [0.25, 0.3) is 11.8 Å². The Morgan fingerprint density at radius 3 is 2.32 bits per heavy atom. The van der Waals surface area contributed by atoms with Gasteiger partial charge in [0.05, 0.1) is 19.4 Å². The number of hydrogen-bond acceptors (Lipinski definition) is 5. The lowest BCUT2D eigenvalue weighted by atomic mass is 10.2. The molecule has 0 fully saturated rings. The van der Waals surface area contributed by atoms with E-state index in [2.05, 4.69) is 22.4 Å². The largest absolute Gasteiger partial charge is 0.494 e. The molecule has 28 heavy (non-hydrogen) atoms. The topological polar surface area (TPSA) is 89.0 Å². The summed E-state index contributed by atoms with van der Waals surface area (Å²) in [5.74, 6) is 0.628. The third kappa shape index (κ3) is 6.95. The molecule has 7 heteroatoms. The van der Waals surface area contributed by atoms with Gasteiger partial charge < -0.3 is 14.8 Å². The first-order valence-corrected chi connectivity index (χ1v) is 8.79. The van der Waals surface area contributed by atoms with E-state index in [9.17, 15) is 9.59 Å². The number of rotatable bonds is 10. The highest BCUT2D eigenvalue weighted by Crippen LogP contribution is 2.12. The molecule has 0 atom stereocenters. The molecule has 0 aromatic heterocycles. The van der Waals surface area contributed by atoms with Gasteiger partial charge in [0, 0.05) is 5.56 Å². The van der Waals surface area contributed by atoms with E-state index >= 15 is 0 Å². The highest BCUT2D eigenvalue weighted by Gasteiger charge is 2.07. The summed E-state index contributed by atoms with van der Waals surface area (Å²) in [6, 6.07) is 13.9.